The number of hydrogen-bond donors (Lipinski definition) is 2. The lowest BCUT2D eigenvalue weighted by Crippen LogP contribution is -2.41. The van der Waals surface area contributed by atoms with E-state index in [2.05, 4.69) is 0 Å². The molecule has 18 heavy (non-hydrogen) atoms. The summed E-state index contributed by atoms with van der Waals surface area (Å²) in [5.41, 5.74) is 4.91. The van der Waals surface area contributed by atoms with Crippen molar-refractivity contribution in [1.29, 1.82) is 0 Å². The summed E-state index contributed by atoms with van der Waals surface area (Å²) in [6.45, 7) is -1.50. The molecule has 7 nitrogen and oxygen atoms in total. The predicted molar refractivity (Wildman–Crippen MR) is 62.0 cm³/mol. The zero-order valence-corrected chi connectivity index (χ0v) is 10.1. The minimum absolute atomic E-state index is 0.0903. The molecule has 0 saturated carbocycles. The van der Waals surface area contributed by atoms with E-state index in [9.17, 15) is 18.0 Å². The third-order valence-corrected chi connectivity index (χ3v) is 3.83. The van der Waals surface area contributed by atoms with E-state index in [1.165, 1.54) is 24.3 Å². The van der Waals surface area contributed by atoms with Gasteiger partial charge in [-0.1, -0.05) is 18.2 Å². The van der Waals surface area contributed by atoms with Gasteiger partial charge in [-0.2, -0.15) is 4.31 Å². The lowest BCUT2D eigenvalue weighted by atomic mass is 10.4. The van der Waals surface area contributed by atoms with Gasteiger partial charge < -0.3 is 10.8 Å². The van der Waals surface area contributed by atoms with Gasteiger partial charge in [0, 0.05) is 0 Å². The quantitative estimate of drug-likeness (QED) is 0.706. The molecule has 3 N–H and O–H groups in total. The van der Waals surface area contributed by atoms with Gasteiger partial charge in [0.1, 0.15) is 6.54 Å². The fourth-order valence-electron chi connectivity index (χ4n) is 1.29. The summed E-state index contributed by atoms with van der Waals surface area (Å²) in [5, 5.41) is 8.65. The molecule has 0 unspecified atom stereocenters. The van der Waals surface area contributed by atoms with Crippen molar-refractivity contribution in [3.05, 3.63) is 30.3 Å². The summed E-state index contributed by atoms with van der Waals surface area (Å²) < 4.78 is 24.6. The fraction of sp³-hybridized carbons (Fsp3) is 0.200. The molecule has 0 heterocycles. The van der Waals surface area contributed by atoms with Crippen molar-refractivity contribution in [3.8, 4) is 0 Å². The number of primary amides is 1. The molecule has 0 atom stereocenters. The van der Waals surface area contributed by atoms with E-state index in [4.69, 9.17) is 10.8 Å². The van der Waals surface area contributed by atoms with Gasteiger partial charge in [0.25, 0.3) is 0 Å². The highest BCUT2D eigenvalue weighted by molar-refractivity contribution is 7.89. The Hall–Kier alpha value is -1.93. The molecule has 0 fully saturated rings. The van der Waals surface area contributed by atoms with E-state index >= 15 is 0 Å². The van der Waals surface area contributed by atoms with E-state index in [1.54, 1.807) is 6.07 Å². The van der Waals surface area contributed by atoms with Gasteiger partial charge in [-0.25, -0.2) is 8.42 Å². The third kappa shape index (κ3) is 3.54. The molecule has 8 heteroatoms. The number of hydrogen-bond acceptors (Lipinski definition) is 4. The van der Waals surface area contributed by atoms with Crippen LogP contribution in [-0.4, -0.2) is 42.8 Å². The van der Waals surface area contributed by atoms with Crippen LogP contribution >= 0.6 is 0 Å². The number of nitrogens with zero attached hydrogens (tertiary/aromatic N) is 1. The number of carboxylic acids is 1. The van der Waals surface area contributed by atoms with Crippen LogP contribution < -0.4 is 5.73 Å². The van der Waals surface area contributed by atoms with E-state index in [0.717, 1.165) is 0 Å². The molecule has 0 bridgehead atoms. The van der Waals surface area contributed by atoms with Crippen molar-refractivity contribution in [2.45, 2.75) is 4.90 Å². The number of carboxylic acid groups (broad SMARTS) is 1. The monoisotopic (exact) mass is 272 g/mol. The summed E-state index contributed by atoms with van der Waals surface area (Å²) in [5.74, 6) is -2.29. The third-order valence-electron chi connectivity index (χ3n) is 2.02. The van der Waals surface area contributed by atoms with Crippen molar-refractivity contribution < 1.29 is 23.1 Å². The zero-order valence-electron chi connectivity index (χ0n) is 9.31. The van der Waals surface area contributed by atoms with E-state index in [1.807, 2.05) is 0 Å². The van der Waals surface area contributed by atoms with Gasteiger partial charge in [-0.3, -0.25) is 9.59 Å². The molecule has 0 aliphatic carbocycles. The maximum atomic E-state index is 12.1. The van der Waals surface area contributed by atoms with Crippen molar-refractivity contribution >= 4 is 21.9 Å². The first-order chi connectivity index (χ1) is 8.34. The number of benzene rings is 1. The highest BCUT2D eigenvalue weighted by Crippen LogP contribution is 2.14. The Labute approximate surface area is 104 Å². The van der Waals surface area contributed by atoms with Gasteiger partial charge in [-0.15, -0.1) is 0 Å². The number of amides is 1. The van der Waals surface area contributed by atoms with Crippen LogP contribution in [0.15, 0.2) is 35.2 Å². The predicted octanol–water partition coefficient (Wildman–Crippen LogP) is -0.753. The largest absolute Gasteiger partial charge is 0.480 e. The minimum atomic E-state index is -4.04. The first kappa shape index (κ1) is 14.1. The van der Waals surface area contributed by atoms with Gasteiger partial charge in [0.2, 0.25) is 15.9 Å². The summed E-state index contributed by atoms with van der Waals surface area (Å²) in [7, 11) is -4.04. The molecule has 1 amide bonds. The molecule has 1 rings (SSSR count). The van der Waals surface area contributed by atoms with Crippen LogP contribution in [-0.2, 0) is 19.6 Å². The van der Waals surface area contributed by atoms with Gasteiger partial charge in [0.05, 0.1) is 11.4 Å². The Bertz CT molecular complexity index is 525. The van der Waals surface area contributed by atoms with Crippen LogP contribution in [0.3, 0.4) is 0 Å². The zero-order chi connectivity index (χ0) is 13.8. The van der Waals surface area contributed by atoms with Crippen molar-refractivity contribution in [2.75, 3.05) is 13.1 Å². The number of carbonyl (C=O) groups is 2. The Morgan fingerprint density at radius 3 is 2.17 bits per heavy atom. The maximum Gasteiger partial charge on any atom is 0.318 e. The van der Waals surface area contributed by atoms with Crippen molar-refractivity contribution in [1.82, 2.24) is 4.31 Å². The average molecular weight is 272 g/mol. The van der Waals surface area contributed by atoms with Gasteiger partial charge in [0.15, 0.2) is 0 Å². The molecule has 98 valence electrons. The lowest BCUT2D eigenvalue weighted by Gasteiger charge is -2.18. The second-order valence-electron chi connectivity index (χ2n) is 3.45. The number of sulfonamides is 1. The first-order valence-corrected chi connectivity index (χ1v) is 6.33. The van der Waals surface area contributed by atoms with E-state index in [-0.39, 0.29) is 4.90 Å². The summed E-state index contributed by atoms with van der Waals surface area (Å²) in [6, 6.07) is 7.23. The van der Waals surface area contributed by atoms with Gasteiger partial charge in [-0.05, 0) is 12.1 Å². The van der Waals surface area contributed by atoms with Gasteiger partial charge >= 0.3 is 5.97 Å². The molecule has 0 aliphatic rings. The first-order valence-electron chi connectivity index (χ1n) is 4.89. The molecule has 0 spiro atoms. The number of nitrogens with two attached hydrogens (primary N) is 1. The van der Waals surface area contributed by atoms with Crippen molar-refractivity contribution in [3.63, 3.8) is 0 Å². The second-order valence-corrected chi connectivity index (χ2v) is 5.38. The fourth-order valence-corrected chi connectivity index (χ4v) is 2.67. The summed E-state index contributed by atoms with van der Waals surface area (Å²) in [6.07, 6.45) is 0. The molecular formula is C10H12N2O5S. The van der Waals surface area contributed by atoms with Crippen LogP contribution in [0.4, 0.5) is 0 Å². The normalized spacial score (nSPS) is 11.4. The Balaban J connectivity index is 3.11. The topological polar surface area (TPSA) is 118 Å². The number of rotatable bonds is 6. The Morgan fingerprint density at radius 1 is 1.17 bits per heavy atom. The molecule has 1 aromatic carbocycles. The van der Waals surface area contributed by atoms with Crippen LogP contribution in [0.25, 0.3) is 0 Å². The van der Waals surface area contributed by atoms with Crippen LogP contribution in [0.5, 0.6) is 0 Å². The van der Waals surface area contributed by atoms with E-state index in [0.29, 0.717) is 4.31 Å². The highest BCUT2D eigenvalue weighted by atomic mass is 32.2. The molecule has 0 aliphatic heterocycles. The Kier molecular flexibility index (Phi) is 4.40. The van der Waals surface area contributed by atoms with Crippen LogP contribution in [0, 0.1) is 0 Å². The smallest absolute Gasteiger partial charge is 0.318 e. The molecule has 0 saturated heterocycles. The number of carbonyl (C=O) groups excluding carboxylic acids is 1. The SMILES string of the molecule is NC(=O)CN(CC(=O)O)S(=O)(=O)c1ccccc1. The second kappa shape index (κ2) is 5.61. The average Bonchev–Trinajstić information content (AvgIpc) is 2.28. The summed E-state index contributed by atoms with van der Waals surface area (Å²) in [4.78, 5) is 21.3. The lowest BCUT2D eigenvalue weighted by molar-refractivity contribution is -0.137. The standard InChI is InChI=1S/C10H12N2O5S/c11-9(13)6-12(7-10(14)15)18(16,17)8-4-2-1-3-5-8/h1-5H,6-7H2,(H2,11,13)(H,14,15). The highest BCUT2D eigenvalue weighted by Gasteiger charge is 2.27. The maximum absolute atomic E-state index is 12.1. The molecule has 1 aromatic rings. The van der Waals surface area contributed by atoms with Crippen molar-refractivity contribution in [2.24, 2.45) is 5.73 Å². The molecule has 0 radical (unpaired) electrons. The Morgan fingerprint density at radius 2 is 1.72 bits per heavy atom. The molecular weight excluding hydrogens is 260 g/mol. The van der Waals surface area contributed by atoms with Crippen LogP contribution in [0.1, 0.15) is 0 Å². The minimum Gasteiger partial charge on any atom is -0.480 e. The van der Waals surface area contributed by atoms with Crippen LogP contribution in [0.2, 0.25) is 0 Å². The summed E-state index contributed by atoms with van der Waals surface area (Å²) >= 11 is 0. The van der Waals surface area contributed by atoms with E-state index < -0.39 is 35.0 Å². The molecule has 0 aromatic heterocycles. The number of aliphatic carboxylic acids is 1.